The van der Waals surface area contributed by atoms with Crippen molar-refractivity contribution in [2.45, 2.75) is 13.8 Å². The second kappa shape index (κ2) is 5.81. The number of hydrogen-bond acceptors (Lipinski definition) is 1. The molecule has 1 amide bonds. The molecule has 0 aliphatic carbocycles. The highest BCUT2D eigenvalue weighted by Gasteiger charge is 2.11. The first-order valence-corrected chi connectivity index (χ1v) is 6.67. The van der Waals surface area contributed by atoms with Crippen LogP contribution in [0.5, 0.6) is 0 Å². The molecule has 2 nitrogen and oxygen atoms in total. The molecule has 0 spiro atoms. The maximum atomic E-state index is 13.2. The van der Waals surface area contributed by atoms with Crippen LogP contribution in [0.4, 0.5) is 10.1 Å². The number of amides is 1. The molecule has 0 saturated heterocycles. The molecule has 20 heavy (non-hydrogen) atoms. The molecular weight excluding hydrogens is 300 g/mol. The number of hydrogen-bond donors (Lipinski definition) is 1. The van der Waals surface area contributed by atoms with Crippen molar-refractivity contribution >= 4 is 34.8 Å². The minimum Gasteiger partial charge on any atom is -0.321 e. The van der Waals surface area contributed by atoms with Gasteiger partial charge in [0.1, 0.15) is 5.82 Å². The van der Waals surface area contributed by atoms with Gasteiger partial charge in [-0.15, -0.1) is 0 Å². The largest absolute Gasteiger partial charge is 0.321 e. The van der Waals surface area contributed by atoms with Crippen LogP contribution in [0.1, 0.15) is 21.5 Å². The van der Waals surface area contributed by atoms with Gasteiger partial charge in [-0.2, -0.15) is 0 Å². The van der Waals surface area contributed by atoms with Gasteiger partial charge in [-0.3, -0.25) is 4.79 Å². The first kappa shape index (κ1) is 14.8. The van der Waals surface area contributed by atoms with Crippen LogP contribution in [0.3, 0.4) is 0 Å². The maximum Gasteiger partial charge on any atom is 0.255 e. The third-order valence-corrected chi connectivity index (χ3v) is 3.64. The predicted octanol–water partition coefficient (Wildman–Crippen LogP) is 5.00. The van der Waals surface area contributed by atoms with E-state index in [2.05, 4.69) is 5.32 Å². The fraction of sp³-hybridized carbons (Fsp3) is 0.133. The third kappa shape index (κ3) is 3.11. The summed E-state index contributed by atoms with van der Waals surface area (Å²) < 4.78 is 13.2. The lowest BCUT2D eigenvalue weighted by Crippen LogP contribution is -2.12. The molecule has 0 aliphatic rings. The van der Waals surface area contributed by atoms with Gasteiger partial charge < -0.3 is 5.32 Å². The van der Waals surface area contributed by atoms with Gasteiger partial charge in [0.2, 0.25) is 0 Å². The van der Waals surface area contributed by atoms with Gasteiger partial charge in [-0.25, -0.2) is 4.39 Å². The average molecular weight is 312 g/mol. The number of anilines is 1. The minimum absolute atomic E-state index is 0.349. The Morgan fingerprint density at radius 3 is 2.40 bits per heavy atom. The molecule has 0 heterocycles. The Bertz CT molecular complexity index is 686. The van der Waals surface area contributed by atoms with Crippen LogP contribution < -0.4 is 5.32 Å². The van der Waals surface area contributed by atoms with Crippen molar-refractivity contribution in [3.8, 4) is 0 Å². The summed E-state index contributed by atoms with van der Waals surface area (Å²) >= 11 is 12.1. The lowest BCUT2D eigenvalue weighted by Gasteiger charge is -2.10. The molecule has 0 fully saturated rings. The normalized spacial score (nSPS) is 10.4. The standard InChI is InChI=1S/C15H12Cl2FNO/c1-8-6-12(17)14(7-11(8)16)19-15(20)10-3-4-13(18)9(2)5-10/h3-7H,1-2H3,(H,19,20). The van der Waals surface area contributed by atoms with E-state index in [4.69, 9.17) is 23.2 Å². The molecule has 0 saturated carbocycles. The molecule has 0 atom stereocenters. The summed E-state index contributed by atoms with van der Waals surface area (Å²) in [4.78, 5) is 12.1. The highest BCUT2D eigenvalue weighted by atomic mass is 35.5. The zero-order chi connectivity index (χ0) is 14.9. The van der Waals surface area contributed by atoms with E-state index in [0.29, 0.717) is 26.9 Å². The zero-order valence-electron chi connectivity index (χ0n) is 10.9. The topological polar surface area (TPSA) is 29.1 Å². The average Bonchev–Trinajstić information content (AvgIpc) is 2.39. The van der Waals surface area contributed by atoms with Crippen molar-refractivity contribution in [3.05, 3.63) is 62.9 Å². The summed E-state index contributed by atoms with van der Waals surface area (Å²) in [6.07, 6.45) is 0. The van der Waals surface area contributed by atoms with Crippen molar-refractivity contribution in [1.29, 1.82) is 0 Å². The highest BCUT2D eigenvalue weighted by Crippen LogP contribution is 2.29. The number of carbonyl (C=O) groups excluding carboxylic acids is 1. The number of carbonyl (C=O) groups is 1. The van der Waals surface area contributed by atoms with Gasteiger partial charge in [0.15, 0.2) is 0 Å². The summed E-state index contributed by atoms with van der Waals surface area (Å²) in [5.74, 6) is -0.715. The fourth-order valence-corrected chi connectivity index (χ4v) is 2.15. The molecule has 2 rings (SSSR count). The Kier molecular flexibility index (Phi) is 4.31. The lowest BCUT2D eigenvalue weighted by molar-refractivity contribution is 0.102. The number of benzene rings is 2. The van der Waals surface area contributed by atoms with E-state index in [1.807, 2.05) is 6.92 Å². The van der Waals surface area contributed by atoms with Gasteiger partial charge in [0.05, 0.1) is 10.7 Å². The van der Waals surface area contributed by atoms with Gasteiger partial charge in [0.25, 0.3) is 5.91 Å². The van der Waals surface area contributed by atoms with Gasteiger partial charge >= 0.3 is 0 Å². The first-order valence-electron chi connectivity index (χ1n) is 5.91. The van der Waals surface area contributed by atoms with Crippen LogP contribution >= 0.6 is 23.2 Å². The van der Waals surface area contributed by atoms with Crippen LogP contribution in [0, 0.1) is 19.7 Å². The zero-order valence-corrected chi connectivity index (χ0v) is 12.4. The van der Waals surface area contributed by atoms with E-state index in [1.54, 1.807) is 19.1 Å². The van der Waals surface area contributed by atoms with E-state index >= 15 is 0 Å². The molecule has 0 unspecified atom stereocenters. The summed E-state index contributed by atoms with van der Waals surface area (Å²) in [5.41, 5.74) is 2.02. The molecule has 104 valence electrons. The van der Waals surface area contributed by atoms with E-state index in [1.165, 1.54) is 18.2 Å². The summed E-state index contributed by atoms with van der Waals surface area (Å²) in [5, 5.41) is 3.58. The molecule has 2 aromatic carbocycles. The van der Waals surface area contributed by atoms with E-state index < -0.39 is 0 Å². The first-order chi connectivity index (χ1) is 9.38. The minimum atomic E-state index is -0.366. The van der Waals surface area contributed by atoms with E-state index in [0.717, 1.165) is 5.56 Å². The van der Waals surface area contributed by atoms with Gasteiger partial charge in [-0.1, -0.05) is 23.2 Å². The van der Waals surface area contributed by atoms with Crippen LogP contribution in [-0.2, 0) is 0 Å². The number of halogens is 3. The Morgan fingerprint density at radius 2 is 1.75 bits per heavy atom. The molecule has 5 heteroatoms. The van der Waals surface area contributed by atoms with E-state index in [-0.39, 0.29) is 11.7 Å². The molecule has 0 bridgehead atoms. The SMILES string of the molecule is Cc1cc(C(=O)Nc2cc(Cl)c(C)cc2Cl)ccc1F. The Labute approximate surface area is 126 Å². The maximum absolute atomic E-state index is 13.2. The Balaban J connectivity index is 2.27. The van der Waals surface area contributed by atoms with Crippen molar-refractivity contribution < 1.29 is 9.18 Å². The van der Waals surface area contributed by atoms with Crippen LogP contribution in [0.15, 0.2) is 30.3 Å². The van der Waals surface area contributed by atoms with Crippen LogP contribution in [0.2, 0.25) is 10.0 Å². The highest BCUT2D eigenvalue weighted by molar-refractivity contribution is 6.36. The Hall–Kier alpha value is -1.58. The summed E-state index contributed by atoms with van der Waals surface area (Å²) in [6, 6.07) is 7.42. The molecule has 0 aliphatic heterocycles. The van der Waals surface area contributed by atoms with Crippen LogP contribution in [0.25, 0.3) is 0 Å². The molecule has 0 radical (unpaired) electrons. The summed E-state index contributed by atoms with van der Waals surface area (Å²) in [6.45, 7) is 3.42. The molecule has 2 aromatic rings. The molecular formula is C15H12Cl2FNO. The molecule has 1 N–H and O–H groups in total. The van der Waals surface area contributed by atoms with E-state index in [9.17, 15) is 9.18 Å². The number of rotatable bonds is 2. The molecule has 0 aromatic heterocycles. The monoisotopic (exact) mass is 311 g/mol. The predicted molar refractivity (Wildman–Crippen MR) is 80.3 cm³/mol. The quantitative estimate of drug-likeness (QED) is 0.830. The lowest BCUT2D eigenvalue weighted by atomic mass is 10.1. The smallest absolute Gasteiger partial charge is 0.255 e. The summed E-state index contributed by atoms with van der Waals surface area (Å²) in [7, 11) is 0. The van der Waals surface area contributed by atoms with Crippen molar-refractivity contribution in [1.82, 2.24) is 0 Å². The van der Waals surface area contributed by atoms with Crippen molar-refractivity contribution in [3.63, 3.8) is 0 Å². The van der Waals surface area contributed by atoms with Crippen molar-refractivity contribution in [2.75, 3.05) is 5.32 Å². The number of nitrogens with one attached hydrogen (secondary N) is 1. The Morgan fingerprint density at radius 1 is 1.05 bits per heavy atom. The second-order valence-corrected chi connectivity index (χ2v) is 5.31. The fourth-order valence-electron chi connectivity index (χ4n) is 1.72. The van der Waals surface area contributed by atoms with Crippen molar-refractivity contribution in [2.24, 2.45) is 0 Å². The van der Waals surface area contributed by atoms with Crippen LogP contribution in [-0.4, -0.2) is 5.91 Å². The third-order valence-electron chi connectivity index (χ3n) is 2.92. The second-order valence-electron chi connectivity index (χ2n) is 4.50. The van der Waals surface area contributed by atoms with Gasteiger partial charge in [0, 0.05) is 10.6 Å². The van der Waals surface area contributed by atoms with Gasteiger partial charge in [-0.05, 0) is 55.3 Å². The number of aryl methyl sites for hydroxylation is 2.